The van der Waals surface area contributed by atoms with Crippen LogP contribution < -0.4 is 5.32 Å². The van der Waals surface area contributed by atoms with Crippen LogP contribution in [0.2, 0.25) is 5.15 Å². The SMILES string of the molecule is CCCc1nc(Cl)c(C)c(NCc2ccnn2C)n1. The van der Waals surface area contributed by atoms with Gasteiger partial charge in [0.1, 0.15) is 16.8 Å². The summed E-state index contributed by atoms with van der Waals surface area (Å²) in [5.41, 5.74) is 1.97. The van der Waals surface area contributed by atoms with Gasteiger partial charge in [-0.3, -0.25) is 4.68 Å². The van der Waals surface area contributed by atoms with E-state index in [1.807, 2.05) is 24.7 Å². The zero-order valence-electron chi connectivity index (χ0n) is 11.4. The van der Waals surface area contributed by atoms with Crippen LogP contribution in [0.25, 0.3) is 0 Å². The number of rotatable bonds is 5. The molecule has 0 fully saturated rings. The maximum Gasteiger partial charge on any atom is 0.137 e. The molecule has 0 saturated heterocycles. The standard InChI is InChI=1S/C13H18ClN5/c1-4-5-11-17-12(14)9(2)13(18-11)15-8-10-6-7-16-19(10)3/h6-7H,4-5,8H2,1-3H3,(H,15,17,18). The Hall–Kier alpha value is -1.62. The van der Waals surface area contributed by atoms with Crippen LogP contribution in [0, 0.1) is 6.92 Å². The second-order valence-electron chi connectivity index (χ2n) is 4.45. The average Bonchev–Trinajstić information content (AvgIpc) is 2.78. The lowest BCUT2D eigenvalue weighted by Gasteiger charge is -2.11. The molecule has 0 unspecified atom stereocenters. The zero-order chi connectivity index (χ0) is 13.8. The molecule has 1 N–H and O–H groups in total. The summed E-state index contributed by atoms with van der Waals surface area (Å²) in [6.07, 6.45) is 3.61. The van der Waals surface area contributed by atoms with Gasteiger partial charge in [0.25, 0.3) is 0 Å². The first-order chi connectivity index (χ1) is 9.11. The van der Waals surface area contributed by atoms with E-state index in [9.17, 15) is 0 Å². The number of nitrogens with one attached hydrogen (secondary N) is 1. The van der Waals surface area contributed by atoms with Crippen molar-refractivity contribution in [2.45, 2.75) is 33.2 Å². The van der Waals surface area contributed by atoms with Crippen molar-refractivity contribution in [2.24, 2.45) is 7.05 Å². The van der Waals surface area contributed by atoms with Crippen molar-refractivity contribution in [1.82, 2.24) is 19.7 Å². The van der Waals surface area contributed by atoms with Crippen LogP contribution in [0.5, 0.6) is 0 Å². The lowest BCUT2D eigenvalue weighted by molar-refractivity contribution is 0.719. The van der Waals surface area contributed by atoms with Crippen LogP contribution in [0.15, 0.2) is 12.3 Å². The predicted octanol–water partition coefficient (Wildman–Crippen LogP) is 2.74. The summed E-state index contributed by atoms with van der Waals surface area (Å²) in [5.74, 6) is 1.58. The van der Waals surface area contributed by atoms with Gasteiger partial charge in [-0.05, 0) is 19.4 Å². The van der Waals surface area contributed by atoms with Crippen molar-refractivity contribution in [1.29, 1.82) is 0 Å². The van der Waals surface area contributed by atoms with Gasteiger partial charge in [-0.2, -0.15) is 5.10 Å². The highest BCUT2D eigenvalue weighted by molar-refractivity contribution is 6.30. The minimum Gasteiger partial charge on any atom is -0.364 e. The van der Waals surface area contributed by atoms with Crippen LogP contribution >= 0.6 is 11.6 Å². The van der Waals surface area contributed by atoms with Gasteiger partial charge in [0, 0.05) is 25.2 Å². The van der Waals surface area contributed by atoms with E-state index in [0.717, 1.165) is 35.7 Å². The fourth-order valence-corrected chi connectivity index (χ4v) is 1.98. The lowest BCUT2D eigenvalue weighted by atomic mass is 10.3. The molecule has 19 heavy (non-hydrogen) atoms. The van der Waals surface area contributed by atoms with Crippen LogP contribution in [-0.2, 0) is 20.0 Å². The minimum absolute atomic E-state index is 0.519. The first-order valence-corrected chi connectivity index (χ1v) is 6.73. The molecule has 5 nitrogen and oxygen atoms in total. The highest BCUT2D eigenvalue weighted by Crippen LogP contribution is 2.20. The molecular weight excluding hydrogens is 262 g/mol. The first-order valence-electron chi connectivity index (χ1n) is 6.35. The van der Waals surface area contributed by atoms with E-state index in [2.05, 4.69) is 27.3 Å². The van der Waals surface area contributed by atoms with Crippen LogP contribution in [0.3, 0.4) is 0 Å². The summed E-state index contributed by atoms with van der Waals surface area (Å²) in [4.78, 5) is 8.80. The maximum absolute atomic E-state index is 6.14. The third-order valence-electron chi connectivity index (χ3n) is 2.97. The Bertz CT molecular complexity index is 564. The summed E-state index contributed by atoms with van der Waals surface area (Å²) >= 11 is 6.14. The third-order valence-corrected chi connectivity index (χ3v) is 3.33. The van der Waals surface area contributed by atoms with Crippen molar-refractivity contribution in [2.75, 3.05) is 5.32 Å². The van der Waals surface area contributed by atoms with E-state index >= 15 is 0 Å². The summed E-state index contributed by atoms with van der Waals surface area (Å²) in [6.45, 7) is 4.68. The molecule has 0 amide bonds. The Kier molecular flexibility index (Phi) is 4.37. The summed E-state index contributed by atoms with van der Waals surface area (Å²) in [6, 6.07) is 1.97. The highest BCUT2D eigenvalue weighted by Gasteiger charge is 2.09. The fourth-order valence-electron chi connectivity index (χ4n) is 1.79. The van der Waals surface area contributed by atoms with Crippen LogP contribution in [0.4, 0.5) is 5.82 Å². The van der Waals surface area contributed by atoms with Gasteiger partial charge in [0.15, 0.2) is 0 Å². The van der Waals surface area contributed by atoms with E-state index in [4.69, 9.17) is 11.6 Å². The highest BCUT2D eigenvalue weighted by atomic mass is 35.5. The van der Waals surface area contributed by atoms with Gasteiger partial charge in [-0.15, -0.1) is 0 Å². The molecule has 0 atom stereocenters. The van der Waals surface area contributed by atoms with E-state index < -0.39 is 0 Å². The van der Waals surface area contributed by atoms with Gasteiger partial charge in [-0.25, -0.2) is 9.97 Å². The van der Waals surface area contributed by atoms with Crippen molar-refractivity contribution < 1.29 is 0 Å². The Morgan fingerprint density at radius 2 is 2.16 bits per heavy atom. The molecule has 0 saturated carbocycles. The largest absolute Gasteiger partial charge is 0.364 e. The maximum atomic E-state index is 6.14. The number of aryl methyl sites for hydroxylation is 2. The smallest absolute Gasteiger partial charge is 0.137 e. The molecule has 2 rings (SSSR count). The molecular formula is C13H18ClN5. The molecule has 0 spiro atoms. The van der Waals surface area contributed by atoms with Gasteiger partial charge in [-0.1, -0.05) is 18.5 Å². The Labute approximate surface area is 118 Å². The van der Waals surface area contributed by atoms with Gasteiger partial charge in [0.2, 0.25) is 0 Å². The van der Waals surface area contributed by atoms with Crippen molar-refractivity contribution in [3.63, 3.8) is 0 Å². The molecule has 0 aliphatic rings. The number of nitrogens with zero attached hydrogens (tertiary/aromatic N) is 4. The number of aromatic nitrogens is 4. The second kappa shape index (κ2) is 6.02. The third kappa shape index (κ3) is 3.23. The molecule has 0 aromatic carbocycles. The fraction of sp³-hybridized carbons (Fsp3) is 0.462. The summed E-state index contributed by atoms with van der Waals surface area (Å²) < 4.78 is 1.83. The topological polar surface area (TPSA) is 55.6 Å². The van der Waals surface area contributed by atoms with Crippen molar-refractivity contribution in [3.8, 4) is 0 Å². The number of hydrogen-bond donors (Lipinski definition) is 1. The number of hydrogen-bond acceptors (Lipinski definition) is 4. The number of anilines is 1. The summed E-state index contributed by atoms with van der Waals surface area (Å²) in [7, 11) is 1.92. The monoisotopic (exact) mass is 279 g/mol. The van der Waals surface area contributed by atoms with Gasteiger partial charge < -0.3 is 5.32 Å². The van der Waals surface area contributed by atoms with Crippen LogP contribution in [0.1, 0.15) is 30.4 Å². The number of halogens is 1. The molecule has 2 aromatic heterocycles. The molecule has 0 radical (unpaired) electrons. The molecule has 0 bridgehead atoms. The minimum atomic E-state index is 0.519. The van der Waals surface area contributed by atoms with Crippen molar-refractivity contribution in [3.05, 3.63) is 34.5 Å². The van der Waals surface area contributed by atoms with Crippen molar-refractivity contribution >= 4 is 17.4 Å². The Balaban J connectivity index is 2.17. The molecule has 2 heterocycles. The van der Waals surface area contributed by atoms with Gasteiger partial charge in [0.05, 0.1) is 12.2 Å². The quantitative estimate of drug-likeness (QED) is 0.855. The van der Waals surface area contributed by atoms with E-state index in [1.54, 1.807) is 6.20 Å². The van der Waals surface area contributed by atoms with Gasteiger partial charge >= 0.3 is 0 Å². The molecule has 2 aromatic rings. The normalized spacial score (nSPS) is 10.7. The van der Waals surface area contributed by atoms with E-state index in [1.165, 1.54) is 0 Å². The second-order valence-corrected chi connectivity index (χ2v) is 4.81. The predicted molar refractivity (Wildman–Crippen MR) is 76.3 cm³/mol. The Morgan fingerprint density at radius 3 is 2.79 bits per heavy atom. The Morgan fingerprint density at radius 1 is 1.37 bits per heavy atom. The molecule has 102 valence electrons. The molecule has 6 heteroatoms. The molecule has 0 aliphatic heterocycles. The van der Waals surface area contributed by atoms with Crippen LogP contribution in [-0.4, -0.2) is 19.7 Å². The lowest BCUT2D eigenvalue weighted by Crippen LogP contribution is -2.10. The van der Waals surface area contributed by atoms with E-state index in [0.29, 0.717) is 11.7 Å². The first kappa shape index (κ1) is 13.8. The van der Waals surface area contributed by atoms with E-state index in [-0.39, 0.29) is 0 Å². The zero-order valence-corrected chi connectivity index (χ0v) is 12.2. The summed E-state index contributed by atoms with van der Waals surface area (Å²) in [5, 5.41) is 7.95. The molecule has 0 aliphatic carbocycles. The average molecular weight is 280 g/mol.